The lowest BCUT2D eigenvalue weighted by atomic mass is 10.2. The third kappa shape index (κ3) is 4.99. The van der Waals surface area contributed by atoms with Crippen LogP contribution in [0.5, 0.6) is 11.5 Å². The minimum atomic E-state index is 0.768. The summed E-state index contributed by atoms with van der Waals surface area (Å²) in [6.45, 7) is 2.98. The summed E-state index contributed by atoms with van der Waals surface area (Å²) in [5, 5.41) is 0.833. The van der Waals surface area contributed by atoms with Gasteiger partial charge in [-0.25, -0.2) is 0 Å². The van der Waals surface area contributed by atoms with Crippen LogP contribution in [0.3, 0.4) is 0 Å². The van der Waals surface area contributed by atoms with Crippen LogP contribution < -0.4 is 9.47 Å². The van der Waals surface area contributed by atoms with Crippen molar-refractivity contribution in [3.05, 3.63) is 23.8 Å². The van der Waals surface area contributed by atoms with Crippen molar-refractivity contribution < 1.29 is 9.47 Å². The molecule has 0 saturated heterocycles. The molecule has 0 radical (unpaired) electrons. The van der Waals surface area contributed by atoms with E-state index in [0.29, 0.717) is 0 Å². The molecule has 0 aliphatic carbocycles. The van der Waals surface area contributed by atoms with Gasteiger partial charge in [-0.3, -0.25) is 0 Å². The number of alkyl halides is 1. The highest BCUT2D eigenvalue weighted by molar-refractivity contribution is 9.08. The third-order valence-corrected chi connectivity index (χ3v) is 3.29. The smallest absolute Gasteiger partial charge is 0.161 e. The van der Waals surface area contributed by atoms with Crippen molar-refractivity contribution in [2.24, 2.45) is 0 Å². The Morgan fingerprint density at radius 2 is 1.94 bits per heavy atom. The van der Waals surface area contributed by atoms with Gasteiger partial charge < -0.3 is 9.47 Å². The van der Waals surface area contributed by atoms with Gasteiger partial charge in [0.2, 0.25) is 0 Å². The van der Waals surface area contributed by atoms with Gasteiger partial charge in [-0.15, -0.1) is 0 Å². The fourth-order valence-electron chi connectivity index (χ4n) is 1.63. The molecular weight excluding hydrogens is 280 g/mol. The largest absolute Gasteiger partial charge is 0.493 e. The van der Waals surface area contributed by atoms with Crippen LogP contribution in [0.1, 0.15) is 38.2 Å². The van der Waals surface area contributed by atoms with Crippen molar-refractivity contribution >= 4 is 15.9 Å². The highest BCUT2D eigenvalue weighted by atomic mass is 79.9. The average Bonchev–Trinajstić information content (AvgIpc) is 2.38. The molecule has 0 aliphatic rings. The fraction of sp³-hybridized carbons (Fsp3) is 0.571. The van der Waals surface area contributed by atoms with Crippen molar-refractivity contribution in [2.75, 3.05) is 13.7 Å². The molecule has 96 valence electrons. The van der Waals surface area contributed by atoms with Gasteiger partial charge in [0.1, 0.15) is 0 Å². The predicted molar refractivity (Wildman–Crippen MR) is 75.3 cm³/mol. The molecule has 0 unspecified atom stereocenters. The number of halogens is 1. The van der Waals surface area contributed by atoms with Gasteiger partial charge in [-0.1, -0.05) is 48.2 Å². The van der Waals surface area contributed by atoms with Crippen molar-refractivity contribution in [3.63, 3.8) is 0 Å². The third-order valence-electron chi connectivity index (χ3n) is 2.64. The highest BCUT2D eigenvalue weighted by Crippen LogP contribution is 2.29. The summed E-state index contributed by atoms with van der Waals surface area (Å²) in [7, 11) is 1.68. The summed E-state index contributed by atoms with van der Waals surface area (Å²) in [5.41, 5.74) is 1.19. The molecule has 0 aromatic heterocycles. The number of benzene rings is 1. The van der Waals surface area contributed by atoms with E-state index in [1.807, 2.05) is 12.1 Å². The number of hydrogen-bond donors (Lipinski definition) is 0. The second kappa shape index (κ2) is 8.40. The average molecular weight is 301 g/mol. The Kier molecular flexibility index (Phi) is 7.10. The summed E-state index contributed by atoms with van der Waals surface area (Å²) in [6.07, 6.45) is 4.88. The second-order valence-electron chi connectivity index (χ2n) is 4.03. The standard InChI is InChI=1S/C14H21BrO2/c1-3-4-5-6-9-17-13-8-7-12(11-15)10-14(13)16-2/h7-8,10H,3-6,9,11H2,1-2H3. The Morgan fingerprint density at radius 1 is 1.12 bits per heavy atom. The Hall–Kier alpha value is -0.700. The molecule has 1 aromatic rings. The van der Waals surface area contributed by atoms with Gasteiger partial charge in [0, 0.05) is 5.33 Å². The maximum Gasteiger partial charge on any atom is 0.161 e. The Bertz CT molecular complexity index is 326. The first-order valence-corrected chi connectivity index (χ1v) is 7.29. The molecule has 1 aromatic carbocycles. The summed E-state index contributed by atoms with van der Waals surface area (Å²) >= 11 is 3.43. The SMILES string of the molecule is CCCCCCOc1ccc(CBr)cc1OC. The zero-order valence-corrected chi connectivity index (χ0v) is 12.3. The minimum Gasteiger partial charge on any atom is -0.493 e. The van der Waals surface area contributed by atoms with Gasteiger partial charge in [-0.05, 0) is 24.1 Å². The van der Waals surface area contributed by atoms with Crippen LogP contribution in [0, 0.1) is 0 Å². The van der Waals surface area contributed by atoms with Crippen LogP contribution >= 0.6 is 15.9 Å². The first-order chi connectivity index (χ1) is 8.31. The summed E-state index contributed by atoms with van der Waals surface area (Å²) < 4.78 is 11.1. The molecule has 0 aliphatic heterocycles. The number of ether oxygens (including phenoxy) is 2. The Labute approximate surface area is 112 Å². The van der Waals surface area contributed by atoms with E-state index in [1.165, 1.54) is 24.8 Å². The normalized spacial score (nSPS) is 10.3. The molecule has 0 N–H and O–H groups in total. The molecule has 1 rings (SSSR count). The summed E-state index contributed by atoms with van der Waals surface area (Å²) in [4.78, 5) is 0. The second-order valence-corrected chi connectivity index (χ2v) is 4.59. The molecule has 0 saturated carbocycles. The Balaban J connectivity index is 2.46. The quantitative estimate of drug-likeness (QED) is 0.518. The molecule has 0 heterocycles. The van der Waals surface area contributed by atoms with E-state index in [2.05, 4.69) is 28.9 Å². The van der Waals surface area contributed by atoms with E-state index < -0.39 is 0 Å². The van der Waals surface area contributed by atoms with E-state index in [-0.39, 0.29) is 0 Å². The molecule has 0 bridgehead atoms. The topological polar surface area (TPSA) is 18.5 Å². The van der Waals surface area contributed by atoms with Crippen LogP contribution in [0.2, 0.25) is 0 Å². The lowest BCUT2D eigenvalue weighted by molar-refractivity contribution is 0.285. The van der Waals surface area contributed by atoms with Gasteiger partial charge >= 0.3 is 0 Å². The van der Waals surface area contributed by atoms with Gasteiger partial charge in [-0.2, -0.15) is 0 Å². The number of hydrogen-bond acceptors (Lipinski definition) is 2. The van der Waals surface area contributed by atoms with Crippen molar-refractivity contribution in [1.82, 2.24) is 0 Å². The van der Waals surface area contributed by atoms with Crippen molar-refractivity contribution in [3.8, 4) is 11.5 Å². The van der Waals surface area contributed by atoms with Gasteiger partial charge in [0.15, 0.2) is 11.5 Å². The first kappa shape index (κ1) is 14.4. The number of methoxy groups -OCH3 is 1. The molecule has 0 amide bonds. The van der Waals surface area contributed by atoms with Crippen molar-refractivity contribution in [1.29, 1.82) is 0 Å². The predicted octanol–water partition coefficient (Wildman–Crippen LogP) is 4.55. The van der Waals surface area contributed by atoms with Crippen molar-refractivity contribution in [2.45, 2.75) is 37.9 Å². The fourth-order valence-corrected chi connectivity index (χ4v) is 1.97. The molecular formula is C14H21BrO2. The van der Waals surface area contributed by atoms with Crippen LogP contribution in [-0.4, -0.2) is 13.7 Å². The van der Waals surface area contributed by atoms with Gasteiger partial charge in [0.25, 0.3) is 0 Å². The molecule has 17 heavy (non-hydrogen) atoms. The summed E-state index contributed by atoms with van der Waals surface area (Å²) in [6, 6.07) is 6.05. The van der Waals surface area contributed by atoms with Crippen LogP contribution in [0.15, 0.2) is 18.2 Å². The summed E-state index contributed by atoms with van der Waals surface area (Å²) in [5.74, 6) is 1.66. The minimum absolute atomic E-state index is 0.768. The Morgan fingerprint density at radius 3 is 2.59 bits per heavy atom. The van der Waals surface area contributed by atoms with Crippen LogP contribution in [0.25, 0.3) is 0 Å². The van der Waals surface area contributed by atoms with Gasteiger partial charge in [0.05, 0.1) is 13.7 Å². The first-order valence-electron chi connectivity index (χ1n) is 6.17. The van der Waals surface area contributed by atoms with E-state index in [0.717, 1.165) is 29.9 Å². The van der Waals surface area contributed by atoms with E-state index in [9.17, 15) is 0 Å². The number of unbranched alkanes of at least 4 members (excludes halogenated alkanes) is 3. The van der Waals surface area contributed by atoms with E-state index >= 15 is 0 Å². The maximum atomic E-state index is 5.73. The zero-order chi connectivity index (χ0) is 12.5. The van der Waals surface area contributed by atoms with E-state index in [4.69, 9.17) is 9.47 Å². The lowest BCUT2D eigenvalue weighted by Gasteiger charge is -2.11. The zero-order valence-electron chi connectivity index (χ0n) is 10.7. The lowest BCUT2D eigenvalue weighted by Crippen LogP contribution is -1.99. The number of rotatable bonds is 8. The molecule has 0 atom stereocenters. The van der Waals surface area contributed by atoms with Crippen LogP contribution in [0.4, 0.5) is 0 Å². The van der Waals surface area contributed by atoms with E-state index in [1.54, 1.807) is 7.11 Å². The van der Waals surface area contributed by atoms with Crippen LogP contribution in [-0.2, 0) is 5.33 Å². The molecule has 3 heteroatoms. The maximum absolute atomic E-state index is 5.73. The molecule has 2 nitrogen and oxygen atoms in total. The monoisotopic (exact) mass is 300 g/mol. The highest BCUT2D eigenvalue weighted by Gasteiger charge is 2.04. The molecule has 0 fully saturated rings. The molecule has 0 spiro atoms.